The van der Waals surface area contributed by atoms with Crippen LogP contribution in [0.4, 0.5) is 5.69 Å². The maximum atomic E-state index is 12.1. The molecule has 1 aromatic rings. The molecule has 0 atom stereocenters. The molecule has 2 rings (SSSR count). The van der Waals surface area contributed by atoms with Crippen LogP contribution in [0.5, 0.6) is 0 Å². The molecule has 0 aliphatic heterocycles. The Kier molecular flexibility index (Phi) is 3.87. The third-order valence-electron chi connectivity index (χ3n) is 3.54. The molecule has 1 saturated carbocycles. The Morgan fingerprint density at radius 1 is 1.33 bits per heavy atom. The molecule has 1 fully saturated rings. The zero-order chi connectivity index (χ0) is 13.1. The topological polar surface area (TPSA) is 75.4 Å². The van der Waals surface area contributed by atoms with Crippen LogP contribution in [0.3, 0.4) is 0 Å². The largest absolute Gasteiger partial charge is 0.399 e. The van der Waals surface area contributed by atoms with E-state index in [1.54, 1.807) is 12.1 Å². The molecule has 4 heteroatoms. The summed E-state index contributed by atoms with van der Waals surface area (Å²) in [5.41, 5.74) is 7.87. The zero-order valence-corrected chi connectivity index (χ0v) is 10.6. The number of carbonyl (C=O) groups excluding carboxylic acids is 1. The fraction of sp³-hybridized carbons (Fsp3) is 0.500. The van der Waals surface area contributed by atoms with Gasteiger partial charge in [-0.05, 0) is 50.3 Å². The lowest BCUT2D eigenvalue weighted by molar-refractivity contribution is 0.0867. The van der Waals surface area contributed by atoms with Crippen molar-refractivity contribution in [2.24, 2.45) is 0 Å². The molecular weight excluding hydrogens is 228 g/mol. The minimum atomic E-state index is -0.202. The lowest BCUT2D eigenvalue weighted by Gasteiger charge is -2.26. The number of nitrogen functional groups attached to an aromatic ring is 1. The van der Waals surface area contributed by atoms with Crippen LogP contribution in [0.25, 0.3) is 0 Å². The molecule has 1 aliphatic carbocycles. The van der Waals surface area contributed by atoms with Gasteiger partial charge in [-0.25, -0.2) is 0 Å². The number of amides is 1. The predicted octanol–water partition coefficient (Wildman–Crippen LogP) is 1.61. The molecule has 0 saturated heterocycles. The monoisotopic (exact) mass is 248 g/mol. The lowest BCUT2D eigenvalue weighted by Crippen LogP contribution is -2.38. The summed E-state index contributed by atoms with van der Waals surface area (Å²) in [5, 5.41) is 12.4. The first-order chi connectivity index (χ1) is 8.56. The molecule has 18 heavy (non-hydrogen) atoms. The van der Waals surface area contributed by atoms with Gasteiger partial charge in [0, 0.05) is 17.3 Å². The maximum Gasteiger partial charge on any atom is 0.251 e. The van der Waals surface area contributed by atoms with Gasteiger partial charge >= 0.3 is 0 Å². The number of hydrogen-bond acceptors (Lipinski definition) is 3. The number of carbonyl (C=O) groups is 1. The van der Waals surface area contributed by atoms with Crippen molar-refractivity contribution in [3.8, 4) is 0 Å². The zero-order valence-electron chi connectivity index (χ0n) is 10.6. The predicted molar refractivity (Wildman–Crippen MR) is 71.3 cm³/mol. The van der Waals surface area contributed by atoms with E-state index in [9.17, 15) is 9.90 Å². The molecule has 0 bridgehead atoms. The maximum absolute atomic E-state index is 12.1. The number of aryl methyl sites for hydroxylation is 1. The number of rotatable bonds is 2. The Hall–Kier alpha value is -1.55. The number of aliphatic hydroxyl groups is 1. The van der Waals surface area contributed by atoms with E-state index in [4.69, 9.17) is 5.73 Å². The molecular formula is C14H20N2O2. The summed E-state index contributed by atoms with van der Waals surface area (Å²) in [6.07, 6.45) is 3.01. The molecule has 0 spiro atoms. The molecule has 1 aliphatic rings. The lowest BCUT2D eigenvalue weighted by atomic mass is 9.93. The minimum absolute atomic E-state index is 0.0683. The van der Waals surface area contributed by atoms with E-state index >= 15 is 0 Å². The first-order valence-electron chi connectivity index (χ1n) is 6.41. The Bertz CT molecular complexity index is 437. The normalized spacial score (nSPS) is 23.7. The quantitative estimate of drug-likeness (QED) is 0.696. The van der Waals surface area contributed by atoms with Crippen LogP contribution in [-0.2, 0) is 0 Å². The highest BCUT2D eigenvalue weighted by molar-refractivity contribution is 5.96. The van der Waals surface area contributed by atoms with E-state index in [0.717, 1.165) is 31.2 Å². The minimum Gasteiger partial charge on any atom is -0.399 e. The molecule has 1 amide bonds. The Labute approximate surface area is 107 Å². The van der Waals surface area contributed by atoms with Gasteiger partial charge < -0.3 is 16.2 Å². The summed E-state index contributed by atoms with van der Waals surface area (Å²) in [5.74, 6) is -0.0683. The van der Waals surface area contributed by atoms with Crippen molar-refractivity contribution in [3.05, 3.63) is 29.3 Å². The van der Waals surface area contributed by atoms with Crippen molar-refractivity contribution in [3.63, 3.8) is 0 Å². The Balaban J connectivity index is 2.01. The molecule has 4 nitrogen and oxygen atoms in total. The van der Waals surface area contributed by atoms with Gasteiger partial charge in [0.1, 0.15) is 0 Å². The van der Waals surface area contributed by atoms with Crippen LogP contribution in [0, 0.1) is 6.92 Å². The van der Waals surface area contributed by atoms with Crippen LogP contribution in [0.1, 0.15) is 41.6 Å². The fourth-order valence-electron chi connectivity index (χ4n) is 2.37. The van der Waals surface area contributed by atoms with Gasteiger partial charge in [0.15, 0.2) is 0 Å². The van der Waals surface area contributed by atoms with Crippen molar-refractivity contribution in [2.75, 3.05) is 5.73 Å². The molecule has 1 aromatic carbocycles. The van der Waals surface area contributed by atoms with Crippen LogP contribution in [0.15, 0.2) is 18.2 Å². The second-order valence-electron chi connectivity index (χ2n) is 5.05. The highest BCUT2D eigenvalue weighted by Gasteiger charge is 2.21. The fourth-order valence-corrected chi connectivity index (χ4v) is 2.37. The Morgan fingerprint density at radius 3 is 2.67 bits per heavy atom. The van der Waals surface area contributed by atoms with Crippen LogP contribution in [0.2, 0.25) is 0 Å². The number of nitrogens with one attached hydrogen (secondary N) is 1. The second kappa shape index (κ2) is 5.40. The standard InChI is InChI=1S/C14H20N2O2/c1-9-2-3-10(15)8-13(9)14(18)16-11-4-6-12(17)7-5-11/h2-3,8,11-12,17H,4-7,15H2,1H3,(H,16,18). The van der Waals surface area contributed by atoms with Gasteiger partial charge in [-0.15, -0.1) is 0 Å². The summed E-state index contributed by atoms with van der Waals surface area (Å²) < 4.78 is 0. The summed E-state index contributed by atoms with van der Waals surface area (Å²) in [6.45, 7) is 1.90. The molecule has 98 valence electrons. The molecule has 0 radical (unpaired) electrons. The number of benzene rings is 1. The highest BCUT2D eigenvalue weighted by Crippen LogP contribution is 2.19. The van der Waals surface area contributed by atoms with Gasteiger partial charge in [0.05, 0.1) is 6.10 Å². The van der Waals surface area contributed by atoms with E-state index < -0.39 is 0 Å². The van der Waals surface area contributed by atoms with Crippen LogP contribution in [-0.4, -0.2) is 23.2 Å². The van der Waals surface area contributed by atoms with Gasteiger partial charge in [-0.3, -0.25) is 4.79 Å². The first kappa shape index (κ1) is 12.9. The van der Waals surface area contributed by atoms with Crippen molar-refractivity contribution >= 4 is 11.6 Å². The van der Waals surface area contributed by atoms with E-state index in [0.29, 0.717) is 11.3 Å². The van der Waals surface area contributed by atoms with Gasteiger partial charge in [-0.1, -0.05) is 6.07 Å². The third-order valence-corrected chi connectivity index (χ3v) is 3.54. The summed E-state index contributed by atoms with van der Waals surface area (Å²) >= 11 is 0. The van der Waals surface area contributed by atoms with Crippen molar-refractivity contribution in [1.29, 1.82) is 0 Å². The SMILES string of the molecule is Cc1ccc(N)cc1C(=O)NC1CCC(O)CC1. The van der Waals surface area contributed by atoms with Gasteiger partial charge in [-0.2, -0.15) is 0 Å². The van der Waals surface area contributed by atoms with Crippen molar-refractivity contribution < 1.29 is 9.90 Å². The third kappa shape index (κ3) is 3.01. The van der Waals surface area contributed by atoms with Crippen LogP contribution < -0.4 is 11.1 Å². The smallest absolute Gasteiger partial charge is 0.251 e. The van der Waals surface area contributed by atoms with E-state index in [-0.39, 0.29) is 18.1 Å². The average molecular weight is 248 g/mol. The van der Waals surface area contributed by atoms with Crippen LogP contribution >= 0.6 is 0 Å². The molecule has 0 heterocycles. The summed E-state index contributed by atoms with van der Waals surface area (Å²) in [7, 11) is 0. The van der Waals surface area contributed by atoms with Gasteiger partial charge in [0.25, 0.3) is 5.91 Å². The average Bonchev–Trinajstić information content (AvgIpc) is 2.35. The molecule has 0 unspecified atom stereocenters. The summed E-state index contributed by atoms with van der Waals surface area (Å²) in [4.78, 5) is 12.1. The number of aliphatic hydroxyl groups excluding tert-OH is 1. The van der Waals surface area contributed by atoms with Crippen molar-refractivity contribution in [1.82, 2.24) is 5.32 Å². The number of anilines is 1. The molecule has 0 aromatic heterocycles. The van der Waals surface area contributed by atoms with Gasteiger partial charge in [0.2, 0.25) is 0 Å². The van der Waals surface area contributed by atoms with E-state index in [2.05, 4.69) is 5.32 Å². The Morgan fingerprint density at radius 2 is 2.00 bits per heavy atom. The van der Waals surface area contributed by atoms with Crippen molar-refractivity contribution in [2.45, 2.75) is 44.8 Å². The number of nitrogens with two attached hydrogens (primary N) is 1. The van der Waals surface area contributed by atoms with E-state index in [1.807, 2.05) is 13.0 Å². The highest BCUT2D eigenvalue weighted by atomic mass is 16.3. The summed E-state index contributed by atoms with van der Waals surface area (Å²) in [6, 6.07) is 5.53. The second-order valence-corrected chi connectivity index (χ2v) is 5.05. The first-order valence-corrected chi connectivity index (χ1v) is 6.41. The number of hydrogen-bond donors (Lipinski definition) is 3. The van der Waals surface area contributed by atoms with E-state index in [1.165, 1.54) is 0 Å². The molecule has 4 N–H and O–H groups in total.